The average Bonchev–Trinajstić information content (AvgIpc) is 2.37. The maximum absolute atomic E-state index is 11.3. The van der Waals surface area contributed by atoms with Gasteiger partial charge in [0.25, 0.3) is 0 Å². The Morgan fingerprint density at radius 1 is 1.32 bits per heavy atom. The van der Waals surface area contributed by atoms with Crippen LogP contribution in [0.1, 0.15) is 38.9 Å². The van der Waals surface area contributed by atoms with Gasteiger partial charge in [0.15, 0.2) is 0 Å². The van der Waals surface area contributed by atoms with E-state index < -0.39 is 10.8 Å². The lowest BCUT2D eigenvalue weighted by Gasteiger charge is -2.12. The van der Waals surface area contributed by atoms with Crippen molar-refractivity contribution in [1.82, 2.24) is 9.97 Å². The summed E-state index contributed by atoms with van der Waals surface area (Å²) < 4.78 is 11.3. The lowest BCUT2D eigenvalue weighted by Crippen LogP contribution is -2.17. The van der Waals surface area contributed by atoms with Gasteiger partial charge < -0.3 is 10.7 Å². The minimum absolute atomic E-state index is 0.172. The molecule has 0 spiro atoms. The predicted molar refractivity (Wildman–Crippen MR) is 80.6 cm³/mol. The van der Waals surface area contributed by atoms with Gasteiger partial charge in [-0.15, -0.1) is 0 Å². The van der Waals surface area contributed by atoms with Gasteiger partial charge in [0.05, 0.1) is 0 Å². The first-order chi connectivity index (χ1) is 8.93. The molecule has 1 aromatic rings. The van der Waals surface area contributed by atoms with Gasteiger partial charge in [-0.1, -0.05) is 20.8 Å². The predicted octanol–water partition coefficient (Wildman–Crippen LogP) is 1.45. The van der Waals surface area contributed by atoms with Crippen molar-refractivity contribution in [2.75, 3.05) is 23.5 Å². The fourth-order valence-electron chi connectivity index (χ4n) is 1.46. The molecule has 1 rings (SSSR count). The summed E-state index contributed by atoms with van der Waals surface area (Å²) in [6.45, 7) is 6.76. The Bertz CT molecular complexity index is 438. The number of nitrogen functional groups attached to an aromatic ring is 1. The second kappa shape index (κ2) is 7.40. The third-order valence-corrected chi connectivity index (χ3v) is 4.20. The molecule has 0 aliphatic heterocycles. The highest BCUT2D eigenvalue weighted by molar-refractivity contribution is 7.84. The van der Waals surface area contributed by atoms with Crippen LogP contribution in [0.5, 0.6) is 0 Å². The normalized spacial score (nSPS) is 14.2. The van der Waals surface area contributed by atoms with Crippen LogP contribution >= 0.6 is 0 Å². The second-order valence-corrected chi connectivity index (χ2v) is 6.62. The zero-order valence-corrected chi connectivity index (χ0v) is 12.8. The first-order valence-electron chi connectivity index (χ1n) is 6.35. The Morgan fingerprint density at radius 2 is 1.95 bits per heavy atom. The van der Waals surface area contributed by atoms with Crippen molar-refractivity contribution < 1.29 is 4.21 Å². The maximum Gasteiger partial charge on any atom is 0.145 e. The molecule has 2 unspecified atom stereocenters. The highest BCUT2D eigenvalue weighted by Crippen LogP contribution is 2.16. The van der Waals surface area contributed by atoms with Gasteiger partial charge in [0, 0.05) is 40.8 Å². The largest absolute Gasteiger partial charge is 0.370 e. The van der Waals surface area contributed by atoms with E-state index in [-0.39, 0.29) is 11.2 Å². The van der Waals surface area contributed by atoms with Crippen molar-refractivity contribution in [2.24, 2.45) is 5.84 Å². The van der Waals surface area contributed by atoms with Gasteiger partial charge >= 0.3 is 0 Å². The van der Waals surface area contributed by atoms with Crippen molar-refractivity contribution in [3.8, 4) is 0 Å². The molecule has 2 atom stereocenters. The topological polar surface area (TPSA) is 92.9 Å². The maximum atomic E-state index is 11.3. The number of nitrogens with two attached hydrogens (primary N) is 1. The molecule has 1 aromatic heterocycles. The average molecular weight is 285 g/mol. The van der Waals surface area contributed by atoms with Crippen molar-refractivity contribution in [3.05, 3.63) is 11.9 Å². The fraction of sp³-hybridized carbons (Fsp3) is 0.667. The van der Waals surface area contributed by atoms with Crippen LogP contribution in [-0.4, -0.2) is 32.2 Å². The summed E-state index contributed by atoms with van der Waals surface area (Å²) >= 11 is 0. The van der Waals surface area contributed by atoms with Gasteiger partial charge in [-0.3, -0.25) is 4.21 Å². The molecule has 108 valence electrons. The molecule has 1 heterocycles. The lowest BCUT2D eigenvalue weighted by molar-refractivity contribution is 0.672. The number of nitrogens with one attached hydrogen (secondary N) is 2. The Labute approximate surface area is 117 Å². The van der Waals surface area contributed by atoms with Crippen molar-refractivity contribution in [3.63, 3.8) is 0 Å². The molecule has 4 N–H and O–H groups in total. The molecule has 0 aromatic carbocycles. The fourth-order valence-corrected chi connectivity index (χ4v) is 1.91. The highest BCUT2D eigenvalue weighted by Gasteiger charge is 2.09. The number of aromatic nitrogens is 2. The molecule has 0 aliphatic rings. The highest BCUT2D eigenvalue weighted by atomic mass is 32.2. The van der Waals surface area contributed by atoms with E-state index in [1.165, 1.54) is 0 Å². The minimum atomic E-state index is -0.791. The van der Waals surface area contributed by atoms with E-state index in [9.17, 15) is 4.21 Å². The first-order valence-corrected chi connectivity index (χ1v) is 7.97. The van der Waals surface area contributed by atoms with Crippen LogP contribution in [0.4, 0.5) is 11.6 Å². The number of hydrazine groups is 1. The number of nitrogens with zero attached hydrogens (tertiary/aromatic N) is 2. The van der Waals surface area contributed by atoms with Crippen LogP contribution in [0.25, 0.3) is 0 Å². The van der Waals surface area contributed by atoms with E-state index in [0.717, 1.165) is 24.6 Å². The molecular formula is C12H23N5OS. The van der Waals surface area contributed by atoms with Crippen LogP contribution in [0.2, 0.25) is 0 Å². The number of anilines is 2. The zero-order valence-electron chi connectivity index (χ0n) is 11.9. The van der Waals surface area contributed by atoms with E-state index in [1.807, 2.05) is 20.8 Å². The Hall–Kier alpha value is -1.21. The van der Waals surface area contributed by atoms with Gasteiger partial charge in [0.1, 0.15) is 17.5 Å². The van der Waals surface area contributed by atoms with E-state index in [1.54, 1.807) is 12.3 Å². The number of hydrogen-bond donors (Lipinski definition) is 3. The summed E-state index contributed by atoms with van der Waals surface area (Å²) in [7, 11) is -0.791. The van der Waals surface area contributed by atoms with Gasteiger partial charge in [-0.2, -0.15) is 0 Å². The SMILES string of the molecule is CC(C)c1nc(NN)cc(NCCC(C)S(C)=O)n1. The molecule has 19 heavy (non-hydrogen) atoms. The summed E-state index contributed by atoms with van der Waals surface area (Å²) in [5, 5.41) is 3.39. The van der Waals surface area contributed by atoms with Crippen LogP contribution in [0, 0.1) is 0 Å². The summed E-state index contributed by atoms with van der Waals surface area (Å²) in [5.41, 5.74) is 2.54. The molecule has 0 aliphatic carbocycles. The molecule has 0 saturated heterocycles. The van der Waals surface area contributed by atoms with Crippen LogP contribution in [-0.2, 0) is 10.8 Å². The zero-order chi connectivity index (χ0) is 14.4. The molecule has 0 amide bonds. The molecule has 0 radical (unpaired) electrons. The molecule has 0 fully saturated rings. The third kappa shape index (κ3) is 5.12. The number of hydrogen-bond acceptors (Lipinski definition) is 6. The van der Waals surface area contributed by atoms with E-state index in [4.69, 9.17) is 5.84 Å². The van der Waals surface area contributed by atoms with Crippen LogP contribution in [0.15, 0.2) is 6.07 Å². The summed E-state index contributed by atoms with van der Waals surface area (Å²) in [4.78, 5) is 8.72. The van der Waals surface area contributed by atoms with E-state index in [2.05, 4.69) is 20.7 Å². The molecule has 0 bridgehead atoms. The van der Waals surface area contributed by atoms with Crippen molar-refractivity contribution in [2.45, 2.75) is 38.4 Å². The number of rotatable bonds is 7. The summed E-state index contributed by atoms with van der Waals surface area (Å²) in [6.07, 6.45) is 2.55. The minimum Gasteiger partial charge on any atom is -0.370 e. The first kappa shape index (κ1) is 15.8. The van der Waals surface area contributed by atoms with Crippen molar-refractivity contribution in [1.29, 1.82) is 0 Å². The van der Waals surface area contributed by atoms with E-state index >= 15 is 0 Å². The lowest BCUT2D eigenvalue weighted by atomic mass is 10.2. The summed E-state index contributed by atoms with van der Waals surface area (Å²) in [6, 6.07) is 1.76. The molecule has 7 heteroatoms. The monoisotopic (exact) mass is 285 g/mol. The van der Waals surface area contributed by atoms with Gasteiger partial charge in [-0.05, 0) is 6.42 Å². The Balaban J connectivity index is 2.67. The molecular weight excluding hydrogens is 262 g/mol. The van der Waals surface area contributed by atoms with Crippen LogP contribution < -0.4 is 16.6 Å². The van der Waals surface area contributed by atoms with Crippen molar-refractivity contribution >= 4 is 22.4 Å². The molecule has 0 saturated carbocycles. The third-order valence-electron chi connectivity index (χ3n) is 2.83. The standard InChI is InChI=1S/C12H23N5OS/c1-8(2)12-15-10(7-11(16-12)17-13)14-6-5-9(3)19(4)18/h7-9H,5-6,13H2,1-4H3,(H2,14,15,16,17). The second-order valence-electron chi connectivity index (χ2n) is 4.82. The Morgan fingerprint density at radius 3 is 2.47 bits per heavy atom. The van der Waals surface area contributed by atoms with E-state index in [0.29, 0.717) is 5.82 Å². The van der Waals surface area contributed by atoms with Crippen LogP contribution in [0.3, 0.4) is 0 Å². The molecule has 6 nitrogen and oxygen atoms in total. The van der Waals surface area contributed by atoms with Gasteiger partial charge in [-0.25, -0.2) is 15.8 Å². The smallest absolute Gasteiger partial charge is 0.145 e. The summed E-state index contributed by atoms with van der Waals surface area (Å²) in [5.74, 6) is 7.70. The Kier molecular flexibility index (Phi) is 6.17. The van der Waals surface area contributed by atoms with Gasteiger partial charge in [0.2, 0.25) is 0 Å². The quantitative estimate of drug-likeness (QED) is 0.519.